The number of rotatable bonds is 5. The van der Waals surface area contributed by atoms with Crippen LogP contribution < -0.4 is 5.32 Å². The van der Waals surface area contributed by atoms with Crippen molar-refractivity contribution in [1.82, 2.24) is 5.32 Å². The predicted molar refractivity (Wildman–Crippen MR) is 101 cm³/mol. The highest BCUT2D eigenvalue weighted by molar-refractivity contribution is 5.38. The summed E-state index contributed by atoms with van der Waals surface area (Å²) in [7, 11) is 1.85. The molecule has 2 aliphatic carbocycles. The summed E-state index contributed by atoms with van der Waals surface area (Å²) in [4.78, 5) is 0. The van der Waals surface area contributed by atoms with Gasteiger partial charge >= 0.3 is 0 Å². The van der Waals surface area contributed by atoms with Crippen LogP contribution in [0, 0.1) is 11.2 Å². The zero-order valence-electron chi connectivity index (χ0n) is 15.8. The summed E-state index contributed by atoms with van der Waals surface area (Å²) in [5.74, 6) is -0.166. The minimum Gasteiger partial charge on any atom is -0.389 e. The van der Waals surface area contributed by atoms with E-state index < -0.39 is 5.60 Å². The van der Waals surface area contributed by atoms with Crippen LogP contribution in [0.25, 0.3) is 0 Å². The lowest BCUT2D eigenvalue weighted by Crippen LogP contribution is -2.43. The number of nitrogens with one attached hydrogen (secondary N) is 1. The van der Waals surface area contributed by atoms with Gasteiger partial charge in [-0.25, -0.2) is 4.39 Å². The maximum absolute atomic E-state index is 14.4. The van der Waals surface area contributed by atoms with E-state index in [2.05, 4.69) is 31.3 Å². The molecule has 1 saturated carbocycles. The van der Waals surface area contributed by atoms with Crippen LogP contribution in [-0.2, 0) is 6.42 Å². The van der Waals surface area contributed by atoms with Gasteiger partial charge in [0.1, 0.15) is 5.82 Å². The van der Waals surface area contributed by atoms with Crippen LogP contribution in [0.1, 0.15) is 63.6 Å². The summed E-state index contributed by atoms with van der Waals surface area (Å²) in [6.07, 6.45) is 8.49. The quantitative estimate of drug-likeness (QED) is 0.801. The Balaban J connectivity index is 1.83. The Morgan fingerprint density at radius 3 is 2.84 bits per heavy atom. The van der Waals surface area contributed by atoms with Crippen LogP contribution in [0.5, 0.6) is 0 Å². The molecule has 0 spiro atoms. The van der Waals surface area contributed by atoms with Crippen molar-refractivity contribution in [1.29, 1.82) is 0 Å². The standard InChI is InChI=1S/C22H30FNO/c1-15-8-11-21(3)18(14-15)10-13-22(21,25)12-9-17-6-5-7-19(23)20(17)16(2)24-4/h5-8,14,16,24-25H,9-13H2,1-4H3/t16-,21?,22?/m1/s1. The Kier molecular flexibility index (Phi) is 4.91. The first-order chi connectivity index (χ1) is 11.8. The zero-order chi connectivity index (χ0) is 18.2. The van der Waals surface area contributed by atoms with Gasteiger partial charge in [-0.2, -0.15) is 0 Å². The highest BCUT2D eigenvalue weighted by Gasteiger charge is 2.53. The molecule has 0 saturated heterocycles. The molecule has 1 fully saturated rings. The molecule has 0 radical (unpaired) electrons. The zero-order valence-corrected chi connectivity index (χ0v) is 15.8. The van der Waals surface area contributed by atoms with E-state index in [1.807, 2.05) is 20.0 Å². The smallest absolute Gasteiger partial charge is 0.128 e. The van der Waals surface area contributed by atoms with Crippen molar-refractivity contribution in [3.8, 4) is 0 Å². The molecule has 0 aliphatic heterocycles. The average molecular weight is 343 g/mol. The molecular formula is C22H30FNO. The second-order valence-corrected chi connectivity index (χ2v) is 8.01. The third-order valence-electron chi connectivity index (χ3n) is 6.60. The average Bonchev–Trinajstić information content (AvgIpc) is 2.84. The molecule has 0 bridgehead atoms. The SMILES string of the molecule is CN[C@H](C)c1c(F)cccc1CCC1(O)CCC2=CC(C)=CCC21C. The number of hydrogen-bond donors (Lipinski definition) is 2. The van der Waals surface area contributed by atoms with Crippen LogP contribution in [0.2, 0.25) is 0 Å². The van der Waals surface area contributed by atoms with E-state index in [9.17, 15) is 9.50 Å². The monoisotopic (exact) mass is 343 g/mol. The minimum atomic E-state index is -0.720. The highest BCUT2D eigenvalue weighted by Crippen LogP contribution is 2.56. The number of aryl methyl sites for hydroxylation is 1. The van der Waals surface area contributed by atoms with Gasteiger partial charge in [0.2, 0.25) is 0 Å². The van der Waals surface area contributed by atoms with Crippen LogP contribution in [0.4, 0.5) is 4.39 Å². The van der Waals surface area contributed by atoms with Crippen molar-refractivity contribution in [3.63, 3.8) is 0 Å². The first-order valence-corrected chi connectivity index (χ1v) is 9.35. The topological polar surface area (TPSA) is 32.3 Å². The molecule has 2 N–H and O–H groups in total. The molecule has 25 heavy (non-hydrogen) atoms. The van der Waals surface area contributed by atoms with E-state index in [-0.39, 0.29) is 17.3 Å². The third-order valence-corrected chi connectivity index (χ3v) is 6.60. The van der Waals surface area contributed by atoms with Crippen LogP contribution in [0.15, 0.2) is 41.5 Å². The van der Waals surface area contributed by atoms with Crippen molar-refractivity contribution in [2.75, 3.05) is 7.05 Å². The fraction of sp³-hybridized carbons (Fsp3) is 0.545. The second kappa shape index (κ2) is 6.69. The van der Waals surface area contributed by atoms with Gasteiger partial charge in [-0.3, -0.25) is 0 Å². The number of halogens is 1. The number of aliphatic hydroxyl groups is 1. The Morgan fingerprint density at radius 2 is 2.12 bits per heavy atom. The fourth-order valence-corrected chi connectivity index (χ4v) is 4.61. The molecule has 2 nitrogen and oxygen atoms in total. The molecule has 1 aromatic carbocycles. The summed E-state index contributed by atoms with van der Waals surface area (Å²) < 4.78 is 14.4. The summed E-state index contributed by atoms with van der Waals surface area (Å²) in [6.45, 7) is 6.29. The Labute approximate surface area is 150 Å². The summed E-state index contributed by atoms with van der Waals surface area (Å²) in [5.41, 5.74) is 3.49. The van der Waals surface area contributed by atoms with E-state index >= 15 is 0 Å². The molecule has 2 unspecified atom stereocenters. The molecule has 3 heteroatoms. The highest BCUT2D eigenvalue weighted by atomic mass is 19.1. The number of fused-ring (bicyclic) bond motifs is 1. The van der Waals surface area contributed by atoms with Gasteiger partial charge in [-0.1, -0.05) is 42.4 Å². The van der Waals surface area contributed by atoms with Crippen molar-refractivity contribution in [3.05, 3.63) is 58.4 Å². The van der Waals surface area contributed by atoms with Gasteiger partial charge in [0.25, 0.3) is 0 Å². The lowest BCUT2D eigenvalue weighted by atomic mass is 9.67. The van der Waals surface area contributed by atoms with E-state index in [0.717, 1.165) is 30.4 Å². The maximum Gasteiger partial charge on any atom is 0.128 e. The molecular weight excluding hydrogens is 313 g/mol. The first-order valence-electron chi connectivity index (χ1n) is 9.35. The summed E-state index contributed by atoms with van der Waals surface area (Å²) in [5, 5.41) is 14.6. The van der Waals surface area contributed by atoms with Crippen molar-refractivity contribution < 1.29 is 9.50 Å². The minimum absolute atomic E-state index is 0.0410. The molecule has 0 heterocycles. The second-order valence-electron chi connectivity index (χ2n) is 8.01. The van der Waals surface area contributed by atoms with E-state index in [4.69, 9.17) is 0 Å². The van der Waals surface area contributed by atoms with Crippen molar-refractivity contribution in [2.45, 2.75) is 64.5 Å². The van der Waals surface area contributed by atoms with Crippen LogP contribution >= 0.6 is 0 Å². The number of allylic oxidation sites excluding steroid dienone is 3. The lowest BCUT2D eigenvalue weighted by molar-refractivity contribution is -0.0453. The van der Waals surface area contributed by atoms with Crippen molar-refractivity contribution >= 4 is 0 Å². The van der Waals surface area contributed by atoms with Gasteiger partial charge in [0.15, 0.2) is 0 Å². The van der Waals surface area contributed by atoms with E-state index in [1.165, 1.54) is 17.2 Å². The van der Waals surface area contributed by atoms with E-state index in [1.54, 1.807) is 6.07 Å². The lowest BCUT2D eigenvalue weighted by Gasteiger charge is -2.42. The normalized spacial score (nSPS) is 29.8. The largest absolute Gasteiger partial charge is 0.389 e. The fourth-order valence-electron chi connectivity index (χ4n) is 4.61. The van der Waals surface area contributed by atoms with Crippen LogP contribution in [-0.4, -0.2) is 17.8 Å². The molecule has 2 aliphatic rings. The number of hydrogen-bond acceptors (Lipinski definition) is 2. The maximum atomic E-state index is 14.4. The van der Waals surface area contributed by atoms with E-state index in [0.29, 0.717) is 12.8 Å². The van der Waals surface area contributed by atoms with Crippen molar-refractivity contribution in [2.24, 2.45) is 5.41 Å². The molecule has 3 atom stereocenters. The Bertz CT molecular complexity index is 723. The Morgan fingerprint density at radius 1 is 1.36 bits per heavy atom. The Hall–Kier alpha value is -1.45. The van der Waals surface area contributed by atoms with Gasteiger partial charge < -0.3 is 10.4 Å². The molecule has 0 aromatic heterocycles. The summed E-state index contributed by atoms with van der Waals surface area (Å²) >= 11 is 0. The van der Waals surface area contributed by atoms with Gasteiger partial charge in [0, 0.05) is 17.0 Å². The summed E-state index contributed by atoms with van der Waals surface area (Å²) in [6, 6.07) is 5.25. The predicted octanol–water partition coefficient (Wildman–Crippen LogP) is 4.85. The van der Waals surface area contributed by atoms with Gasteiger partial charge in [0.05, 0.1) is 5.60 Å². The number of benzene rings is 1. The first kappa shape index (κ1) is 18.3. The van der Waals surface area contributed by atoms with Crippen LogP contribution in [0.3, 0.4) is 0 Å². The molecule has 0 amide bonds. The molecule has 136 valence electrons. The van der Waals surface area contributed by atoms with Gasteiger partial charge in [-0.15, -0.1) is 0 Å². The molecule has 3 rings (SSSR count). The third kappa shape index (κ3) is 3.09. The van der Waals surface area contributed by atoms with Gasteiger partial charge in [-0.05, 0) is 64.6 Å². The molecule has 1 aromatic rings.